The van der Waals surface area contributed by atoms with E-state index in [0.717, 1.165) is 24.4 Å². The molecule has 0 saturated heterocycles. The summed E-state index contributed by atoms with van der Waals surface area (Å²) in [5, 5.41) is 7.59. The van der Waals surface area contributed by atoms with Crippen LogP contribution in [0.15, 0.2) is 6.07 Å². The zero-order valence-electron chi connectivity index (χ0n) is 11.8. The third kappa shape index (κ3) is 5.65. The Morgan fingerprint density at radius 3 is 2.79 bits per heavy atom. The van der Waals surface area contributed by atoms with Crippen LogP contribution >= 0.6 is 0 Å². The normalized spacial score (nSPS) is 13.2. The molecule has 0 bridgehead atoms. The van der Waals surface area contributed by atoms with Crippen LogP contribution in [0.5, 0.6) is 0 Å². The molecular weight excluding hydrogens is 252 g/mol. The van der Waals surface area contributed by atoms with E-state index >= 15 is 0 Å². The molecule has 0 aliphatic carbocycles. The maximum Gasteiger partial charge on any atom is 0.261 e. The zero-order chi connectivity index (χ0) is 14.3. The molecule has 0 radical (unpaired) electrons. The molecule has 1 heterocycles. The Hall–Kier alpha value is -1.01. The van der Waals surface area contributed by atoms with Gasteiger partial charge in [0.25, 0.3) is 6.43 Å². The summed E-state index contributed by atoms with van der Waals surface area (Å²) in [5.74, 6) is 0. The molecule has 0 aliphatic rings. The van der Waals surface area contributed by atoms with Crippen LogP contribution in [0.25, 0.3) is 0 Å². The van der Waals surface area contributed by atoms with Crippen molar-refractivity contribution in [1.82, 2.24) is 15.1 Å². The molecule has 0 spiro atoms. The minimum atomic E-state index is -2.39. The maximum absolute atomic E-state index is 11.9. The lowest BCUT2D eigenvalue weighted by Gasteiger charge is -2.16. The van der Waals surface area contributed by atoms with Crippen LogP contribution in [0.1, 0.15) is 24.7 Å². The fourth-order valence-corrected chi connectivity index (χ4v) is 2.04. The third-order valence-corrected chi connectivity index (χ3v) is 3.00. The van der Waals surface area contributed by atoms with Crippen LogP contribution in [0.3, 0.4) is 0 Å². The van der Waals surface area contributed by atoms with Gasteiger partial charge in [-0.3, -0.25) is 4.68 Å². The van der Waals surface area contributed by atoms with Crippen LogP contribution in [0, 0.1) is 6.92 Å². The monoisotopic (exact) mass is 275 g/mol. The van der Waals surface area contributed by atoms with Crippen molar-refractivity contribution in [3.05, 3.63) is 17.5 Å². The number of rotatable bonds is 9. The van der Waals surface area contributed by atoms with Crippen molar-refractivity contribution in [2.24, 2.45) is 0 Å². The number of hydrogen-bond donors (Lipinski definition) is 1. The Labute approximate surface area is 113 Å². The van der Waals surface area contributed by atoms with Crippen molar-refractivity contribution in [3.63, 3.8) is 0 Å². The number of ether oxygens (including phenoxy) is 1. The summed E-state index contributed by atoms with van der Waals surface area (Å²) in [6.45, 7) is 4.71. The van der Waals surface area contributed by atoms with E-state index in [1.165, 1.54) is 0 Å². The van der Waals surface area contributed by atoms with Gasteiger partial charge < -0.3 is 10.1 Å². The standard InChI is InChI=1S/C13H23F2N3O/c1-4-18-12(7-10(2)17-18)8-11(16-3)5-6-19-9-13(14)15/h7,11,13,16H,4-6,8-9H2,1-3H3. The van der Waals surface area contributed by atoms with Gasteiger partial charge in [0.05, 0.1) is 5.69 Å². The minimum Gasteiger partial charge on any atom is -0.375 e. The number of nitrogens with one attached hydrogen (secondary N) is 1. The van der Waals surface area contributed by atoms with E-state index in [4.69, 9.17) is 4.74 Å². The Morgan fingerprint density at radius 1 is 1.47 bits per heavy atom. The molecule has 0 fully saturated rings. The van der Waals surface area contributed by atoms with Gasteiger partial charge in [0.15, 0.2) is 0 Å². The van der Waals surface area contributed by atoms with Crippen molar-refractivity contribution in [1.29, 1.82) is 0 Å². The van der Waals surface area contributed by atoms with E-state index in [2.05, 4.69) is 23.4 Å². The van der Waals surface area contributed by atoms with Crippen LogP contribution in [0.4, 0.5) is 8.78 Å². The number of hydrogen-bond acceptors (Lipinski definition) is 3. The molecule has 1 rings (SSSR count). The van der Waals surface area contributed by atoms with E-state index in [9.17, 15) is 8.78 Å². The Kier molecular flexibility index (Phi) is 6.94. The summed E-state index contributed by atoms with van der Waals surface area (Å²) >= 11 is 0. The van der Waals surface area contributed by atoms with Crippen molar-refractivity contribution >= 4 is 0 Å². The highest BCUT2D eigenvalue weighted by molar-refractivity contribution is 5.10. The minimum absolute atomic E-state index is 0.207. The number of aromatic nitrogens is 2. The number of aryl methyl sites for hydroxylation is 2. The van der Waals surface area contributed by atoms with Gasteiger partial charge in [0.1, 0.15) is 6.61 Å². The second-order valence-electron chi connectivity index (χ2n) is 4.54. The van der Waals surface area contributed by atoms with Crippen LogP contribution < -0.4 is 5.32 Å². The van der Waals surface area contributed by atoms with E-state index in [1.807, 2.05) is 18.7 Å². The van der Waals surface area contributed by atoms with Gasteiger partial charge in [-0.25, -0.2) is 8.78 Å². The SMILES string of the molecule is CCn1nc(C)cc1CC(CCOCC(F)F)NC. The molecule has 19 heavy (non-hydrogen) atoms. The summed E-state index contributed by atoms with van der Waals surface area (Å²) in [4.78, 5) is 0. The van der Waals surface area contributed by atoms with Gasteiger partial charge in [0, 0.05) is 31.3 Å². The highest BCUT2D eigenvalue weighted by Gasteiger charge is 2.12. The van der Waals surface area contributed by atoms with Gasteiger partial charge in [-0.2, -0.15) is 5.10 Å². The van der Waals surface area contributed by atoms with E-state index < -0.39 is 13.0 Å². The van der Waals surface area contributed by atoms with Gasteiger partial charge >= 0.3 is 0 Å². The molecule has 1 N–H and O–H groups in total. The van der Waals surface area contributed by atoms with Crippen molar-refractivity contribution < 1.29 is 13.5 Å². The lowest BCUT2D eigenvalue weighted by Crippen LogP contribution is -2.30. The summed E-state index contributed by atoms with van der Waals surface area (Å²) in [6.07, 6.45) is -0.863. The van der Waals surface area contributed by atoms with Crippen molar-refractivity contribution in [3.8, 4) is 0 Å². The topological polar surface area (TPSA) is 39.1 Å². The Bertz CT molecular complexity index is 369. The zero-order valence-corrected chi connectivity index (χ0v) is 11.8. The first-order chi connectivity index (χ1) is 9.06. The summed E-state index contributed by atoms with van der Waals surface area (Å²) in [6, 6.07) is 2.27. The van der Waals surface area contributed by atoms with Crippen LogP contribution in [-0.4, -0.2) is 42.5 Å². The molecule has 0 amide bonds. The van der Waals surface area contributed by atoms with Crippen molar-refractivity contribution in [2.75, 3.05) is 20.3 Å². The lowest BCUT2D eigenvalue weighted by atomic mass is 10.1. The molecule has 0 saturated carbocycles. The van der Waals surface area contributed by atoms with Gasteiger partial charge in [-0.15, -0.1) is 0 Å². The molecular formula is C13H23F2N3O. The molecule has 1 atom stereocenters. The van der Waals surface area contributed by atoms with Crippen LogP contribution in [0.2, 0.25) is 0 Å². The molecule has 0 aliphatic heterocycles. The van der Waals surface area contributed by atoms with Gasteiger partial charge in [-0.05, 0) is 33.4 Å². The highest BCUT2D eigenvalue weighted by atomic mass is 19.3. The van der Waals surface area contributed by atoms with Crippen molar-refractivity contribution in [2.45, 2.75) is 45.7 Å². The second kappa shape index (κ2) is 8.22. The predicted molar refractivity (Wildman–Crippen MR) is 70.6 cm³/mol. The number of nitrogens with zero attached hydrogens (tertiary/aromatic N) is 2. The second-order valence-corrected chi connectivity index (χ2v) is 4.54. The first kappa shape index (κ1) is 16.0. The Morgan fingerprint density at radius 2 is 2.21 bits per heavy atom. The average molecular weight is 275 g/mol. The predicted octanol–water partition coefficient (Wildman–Crippen LogP) is 2.01. The fourth-order valence-electron chi connectivity index (χ4n) is 2.04. The van der Waals surface area contributed by atoms with Crippen LogP contribution in [-0.2, 0) is 17.7 Å². The molecule has 1 unspecified atom stereocenters. The maximum atomic E-state index is 11.9. The first-order valence-electron chi connectivity index (χ1n) is 6.63. The van der Waals surface area contributed by atoms with E-state index in [0.29, 0.717) is 13.0 Å². The first-order valence-corrected chi connectivity index (χ1v) is 6.63. The van der Waals surface area contributed by atoms with Gasteiger partial charge in [0.2, 0.25) is 0 Å². The lowest BCUT2D eigenvalue weighted by molar-refractivity contribution is 0.0145. The number of halogens is 2. The third-order valence-electron chi connectivity index (χ3n) is 3.00. The van der Waals surface area contributed by atoms with Gasteiger partial charge in [-0.1, -0.05) is 0 Å². The number of alkyl halides is 2. The van der Waals surface area contributed by atoms with E-state index in [-0.39, 0.29) is 6.04 Å². The molecule has 0 aromatic carbocycles. The summed E-state index contributed by atoms with van der Waals surface area (Å²) in [7, 11) is 1.87. The molecule has 4 nitrogen and oxygen atoms in total. The van der Waals surface area contributed by atoms with E-state index in [1.54, 1.807) is 0 Å². The average Bonchev–Trinajstić information content (AvgIpc) is 2.72. The molecule has 6 heteroatoms. The molecule has 110 valence electrons. The fraction of sp³-hybridized carbons (Fsp3) is 0.769. The molecule has 1 aromatic heterocycles. The number of likely N-dealkylation sites (N-methyl/N-ethyl adjacent to an activating group) is 1. The quantitative estimate of drug-likeness (QED) is 0.701. The molecule has 1 aromatic rings. The highest BCUT2D eigenvalue weighted by Crippen LogP contribution is 2.09. The smallest absolute Gasteiger partial charge is 0.261 e. The largest absolute Gasteiger partial charge is 0.375 e. The summed E-state index contributed by atoms with van der Waals surface area (Å²) < 4.78 is 30.8. The summed E-state index contributed by atoms with van der Waals surface area (Å²) in [5.41, 5.74) is 2.16. The Balaban J connectivity index is 2.42.